The Morgan fingerprint density at radius 1 is 1.05 bits per heavy atom. The molecule has 1 amide bonds. The second-order valence-electron chi connectivity index (χ2n) is 5.42. The Bertz CT molecular complexity index is 548. The third kappa shape index (κ3) is 2.52. The molecule has 1 atom stereocenters. The number of carboxylic acid groups (broad SMARTS) is 1. The zero-order valence-electron chi connectivity index (χ0n) is 11.6. The molecule has 112 valence electrons. The molecule has 2 saturated heterocycles. The molecule has 1 N–H and O–H groups in total. The van der Waals surface area contributed by atoms with Crippen molar-refractivity contribution < 1.29 is 24.2 Å². The highest BCUT2D eigenvalue weighted by atomic mass is 16.5. The van der Waals surface area contributed by atoms with Crippen LogP contribution < -0.4 is 0 Å². The lowest BCUT2D eigenvalue weighted by atomic mass is 9.94. The van der Waals surface area contributed by atoms with E-state index in [9.17, 15) is 9.59 Å². The number of carbonyl (C=O) groups excluding carboxylic acids is 1. The van der Waals surface area contributed by atoms with Gasteiger partial charge >= 0.3 is 5.97 Å². The van der Waals surface area contributed by atoms with E-state index < -0.39 is 5.97 Å². The van der Waals surface area contributed by atoms with Crippen molar-refractivity contribution in [3.63, 3.8) is 0 Å². The third-order valence-electron chi connectivity index (χ3n) is 4.11. The third-order valence-corrected chi connectivity index (χ3v) is 4.11. The maximum Gasteiger partial charge on any atom is 0.335 e. The highest BCUT2D eigenvalue weighted by Crippen LogP contribution is 2.30. The summed E-state index contributed by atoms with van der Waals surface area (Å²) in [6.07, 6.45) is 0.770. The first kappa shape index (κ1) is 14.0. The molecular weight excluding hydrogens is 274 g/mol. The summed E-state index contributed by atoms with van der Waals surface area (Å²) in [5, 5.41) is 8.90. The van der Waals surface area contributed by atoms with E-state index in [0.29, 0.717) is 38.5 Å². The predicted octanol–water partition coefficient (Wildman–Crippen LogP) is 1.02. The van der Waals surface area contributed by atoms with Gasteiger partial charge < -0.3 is 19.5 Å². The Labute approximate surface area is 122 Å². The second-order valence-corrected chi connectivity index (χ2v) is 5.42. The van der Waals surface area contributed by atoms with Crippen molar-refractivity contribution in [1.29, 1.82) is 0 Å². The molecule has 6 heteroatoms. The normalized spacial score (nSPS) is 25.2. The van der Waals surface area contributed by atoms with Crippen LogP contribution in [-0.2, 0) is 9.47 Å². The van der Waals surface area contributed by atoms with E-state index in [4.69, 9.17) is 14.6 Å². The van der Waals surface area contributed by atoms with Crippen LogP contribution >= 0.6 is 0 Å². The molecule has 0 saturated carbocycles. The number of carbonyl (C=O) groups is 2. The van der Waals surface area contributed by atoms with E-state index in [2.05, 4.69) is 0 Å². The largest absolute Gasteiger partial charge is 0.478 e. The molecule has 6 nitrogen and oxygen atoms in total. The molecule has 0 bridgehead atoms. The number of rotatable bonds is 2. The SMILES string of the molecule is O=C(O)c1ccc(C(=O)N2CCOC[C@@]23CCOC3)cc1. The predicted molar refractivity (Wildman–Crippen MR) is 73.4 cm³/mol. The smallest absolute Gasteiger partial charge is 0.335 e. The lowest BCUT2D eigenvalue weighted by Crippen LogP contribution is -2.59. The molecule has 2 aliphatic rings. The summed E-state index contributed by atoms with van der Waals surface area (Å²) in [5.74, 6) is -1.10. The minimum absolute atomic E-state index is 0.0965. The lowest BCUT2D eigenvalue weighted by Gasteiger charge is -2.43. The summed E-state index contributed by atoms with van der Waals surface area (Å²) in [6, 6.07) is 6.02. The number of ether oxygens (including phenoxy) is 2. The topological polar surface area (TPSA) is 76.1 Å². The van der Waals surface area contributed by atoms with Gasteiger partial charge in [0.25, 0.3) is 5.91 Å². The van der Waals surface area contributed by atoms with Gasteiger partial charge in [0.2, 0.25) is 0 Å². The van der Waals surface area contributed by atoms with Crippen molar-refractivity contribution >= 4 is 11.9 Å². The van der Waals surface area contributed by atoms with Gasteiger partial charge in [-0.25, -0.2) is 4.79 Å². The van der Waals surface area contributed by atoms with Gasteiger partial charge in [0, 0.05) is 18.7 Å². The molecule has 21 heavy (non-hydrogen) atoms. The fourth-order valence-electron chi connectivity index (χ4n) is 2.88. The van der Waals surface area contributed by atoms with Gasteiger partial charge in [0.05, 0.1) is 30.9 Å². The summed E-state index contributed by atoms with van der Waals surface area (Å²) < 4.78 is 11.0. The molecule has 0 unspecified atom stereocenters. The van der Waals surface area contributed by atoms with Crippen molar-refractivity contribution in [3.05, 3.63) is 35.4 Å². The van der Waals surface area contributed by atoms with Crippen LogP contribution in [0.4, 0.5) is 0 Å². The number of amides is 1. The lowest BCUT2D eigenvalue weighted by molar-refractivity contribution is -0.0551. The number of hydrogen-bond donors (Lipinski definition) is 1. The van der Waals surface area contributed by atoms with E-state index >= 15 is 0 Å². The standard InChI is InChI=1S/C15H17NO5/c17-13(11-1-3-12(4-2-11)14(18)19)16-6-8-21-10-15(16)5-7-20-9-15/h1-4H,5-10H2,(H,18,19)/t15-/m0/s1. The Kier molecular flexibility index (Phi) is 3.65. The maximum atomic E-state index is 12.7. The molecule has 3 rings (SSSR count). The fourth-order valence-corrected chi connectivity index (χ4v) is 2.88. The van der Waals surface area contributed by atoms with Crippen LogP contribution in [0.1, 0.15) is 27.1 Å². The summed E-state index contributed by atoms with van der Waals surface area (Å²) in [4.78, 5) is 25.4. The van der Waals surface area contributed by atoms with Crippen molar-refractivity contribution in [2.75, 3.05) is 33.0 Å². The number of carboxylic acids is 1. The van der Waals surface area contributed by atoms with E-state index in [1.807, 2.05) is 4.90 Å². The van der Waals surface area contributed by atoms with Crippen molar-refractivity contribution in [2.24, 2.45) is 0 Å². The molecule has 2 heterocycles. The second kappa shape index (κ2) is 5.46. The maximum absolute atomic E-state index is 12.7. The van der Waals surface area contributed by atoms with Crippen LogP contribution in [0.5, 0.6) is 0 Å². The van der Waals surface area contributed by atoms with Crippen molar-refractivity contribution in [2.45, 2.75) is 12.0 Å². The van der Waals surface area contributed by atoms with Crippen molar-refractivity contribution in [1.82, 2.24) is 4.90 Å². The van der Waals surface area contributed by atoms with Gasteiger partial charge in [-0.1, -0.05) is 0 Å². The van der Waals surface area contributed by atoms with Gasteiger partial charge in [-0.2, -0.15) is 0 Å². The quantitative estimate of drug-likeness (QED) is 0.880. The Morgan fingerprint density at radius 3 is 2.29 bits per heavy atom. The summed E-state index contributed by atoms with van der Waals surface area (Å²) >= 11 is 0. The van der Waals surface area contributed by atoms with Crippen LogP contribution in [0.3, 0.4) is 0 Å². The van der Waals surface area contributed by atoms with Gasteiger partial charge in [0.1, 0.15) is 0 Å². The first-order valence-electron chi connectivity index (χ1n) is 6.93. The average Bonchev–Trinajstić information content (AvgIpc) is 2.96. The van der Waals surface area contributed by atoms with Gasteiger partial charge in [0.15, 0.2) is 0 Å². The molecule has 0 radical (unpaired) electrons. The highest BCUT2D eigenvalue weighted by Gasteiger charge is 2.45. The molecule has 0 aliphatic carbocycles. The monoisotopic (exact) mass is 291 g/mol. The zero-order valence-corrected chi connectivity index (χ0v) is 11.6. The number of benzene rings is 1. The molecule has 1 aromatic rings. The van der Waals surface area contributed by atoms with E-state index in [1.165, 1.54) is 12.1 Å². The van der Waals surface area contributed by atoms with E-state index in [0.717, 1.165) is 6.42 Å². The van der Waals surface area contributed by atoms with Crippen LogP contribution in [-0.4, -0.2) is 60.4 Å². The molecular formula is C15H17NO5. The van der Waals surface area contributed by atoms with E-state index in [1.54, 1.807) is 12.1 Å². The zero-order chi connectivity index (χ0) is 14.9. The number of nitrogens with zero attached hydrogens (tertiary/aromatic N) is 1. The summed E-state index contributed by atoms with van der Waals surface area (Å²) in [7, 11) is 0. The van der Waals surface area contributed by atoms with Crippen LogP contribution in [0.2, 0.25) is 0 Å². The van der Waals surface area contributed by atoms with Gasteiger partial charge in [-0.15, -0.1) is 0 Å². The Balaban J connectivity index is 1.84. The van der Waals surface area contributed by atoms with Gasteiger partial charge in [-0.05, 0) is 30.7 Å². The number of aromatic carboxylic acids is 1. The van der Waals surface area contributed by atoms with Crippen LogP contribution in [0, 0.1) is 0 Å². The molecule has 2 aliphatic heterocycles. The van der Waals surface area contributed by atoms with Gasteiger partial charge in [-0.3, -0.25) is 4.79 Å². The summed E-state index contributed by atoms with van der Waals surface area (Å²) in [5.41, 5.74) is 0.293. The Hall–Kier alpha value is -1.92. The Morgan fingerprint density at radius 2 is 1.67 bits per heavy atom. The van der Waals surface area contributed by atoms with Crippen LogP contribution in [0.15, 0.2) is 24.3 Å². The molecule has 1 aromatic carbocycles. The van der Waals surface area contributed by atoms with Crippen LogP contribution in [0.25, 0.3) is 0 Å². The minimum Gasteiger partial charge on any atom is -0.478 e. The first-order chi connectivity index (χ1) is 10.1. The molecule has 2 fully saturated rings. The minimum atomic E-state index is -0.999. The fraction of sp³-hybridized carbons (Fsp3) is 0.467. The molecule has 0 aromatic heterocycles. The molecule has 1 spiro atoms. The average molecular weight is 291 g/mol. The highest BCUT2D eigenvalue weighted by molar-refractivity contribution is 5.96. The number of morpholine rings is 1. The van der Waals surface area contributed by atoms with Crippen molar-refractivity contribution in [3.8, 4) is 0 Å². The number of hydrogen-bond acceptors (Lipinski definition) is 4. The van der Waals surface area contributed by atoms with E-state index in [-0.39, 0.29) is 17.0 Å². The first-order valence-corrected chi connectivity index (χ1v) is 6.93. The summed E-state index contributed by atoms with van der Waals surface area (Å²) in [6.45, 7) is 2.66.